The Kier molecular flexibility index (Phi) is 6.53. The summed E-state index contributed by atoms with van der Waals surface area (Å²) in [6, 6.07) is 10.7. The van der Waals surface area contributed by atoms with E-state index < -0.39 is 14.8 Å². The number of hydrogen-bond acceptors (Lipinski definition) is 6. The monoisotopic (exact) mass is 489 g/mol. The maximum absolute atomic E-state index is 12.0. The van der Waals surface area contributed by atoms with Crippen LogP contribution in [0.3, 0.4) is 0 Å². The number of carbonyl (C=O) groups is 1. The van der Waals surface area contributed by atoms with Gasteiger partial charge in [-0.25, -0.2) is 8.42 Å². The minimum atomic E-state index is -3.54. The van der Waals surface area contributed by atoms with Crippen molar-refractivity contribution in [3.63, 3.8) is 0 Å². The largest absolute Gasteiger partial charge is 0.378 e. The summed E-state index contributed by atoms with van der Waals surface area (Å²) in [5.41, 5.74) is 0.372. The number of nitrogens with one attached hydrogen (secondary N) is 2. The summed E-state index contributed by atoms with van der Waals surface area (Å²) in [5, 5.41) is 16.7. The number of rotatable bonds is 7. The Labute approximate surface area is 164 Å². The molecule has 0 bridgehead atoms. The molecule has 0 saturated carbocycles. The zero-order valence-corrected chi connectivity index (χ0v) is 16.7. The molecule has 10 heteroatoms. The molecular formula is C16H16IN3O5S. The molecule has 0 atom stereocenters. The first kappa shape index (κ1) is 20.1. The highest BCUT2D eigenvalue weighted by Crippen LogP contribution is 2.27. The molecule has 2 aromatic rings. The van der Waals surface area contributed by atoms with Crippen molar-refractivity contribution in [2.24, 2.45) is 0 Å². The van der Waals surface area contributed by atoms with Crippen molar-refractivity contribution in [1.29, 1.82) is 0 Å². The Bertz CT molecular complexity index is 929. The van der Waals surface area contributed by atoms with E-state index in [1.165, 1.54) is 12.1 Å². The van der Waals surface area contributed by atoms with Gasteiger partial charge < -0.3 is 10.6 Å². The SMILES string of the molecule is CS(=O)(=O)c1ccc(NCCNC(=O)c2ccc(I)cc2)c([N+](=O)[O-])c1. The third kappa shape index (κ3) is 5.39. The molecule has 0 spiro atoms. The van der Waals surface area contributed by atoms with Crippen LogP contribution in [0.25, 0.3) is 0 Å². The second-order valence-electron chi connectivity index (χ2n) is 5.40. The number of sulfone groups is 1. The first-order chi connectivity index (χ1) is 12.2. The fraction of sp³-hybridized carbons (Fsp3) is 0.188. The zero-order valence-electron chi connectivity index (χ0n) is 13.7. The quantitative estimate of drug-likeness (QED) is 0.267. The van der Waals surface area contributed by atoms with Gasteiger partial charge in [0.2, 0.25) is 0 Å². The number of nitrogens with zero attached hydrogens (tertiary/aromatic N) is 1. The van der Waals surface area contributed by atoms with Crippen molar-refractivity contribution in [3.05, 3.63) is 61.7 Å². The fourth-order valence-electron chi connectivity index (χ4n) is 2.12. The number of carbonyl (C=O) groups excluding carboxylic acids is 1. The van der Waals surface area contributed by atoms with Crippen molar-refractivity contribution in [2.75, 3.05) is 24.7 Å². The molecule has 0 aliphatic heterocycles. The van der Waals surface area contributed by atoms with E-state index in [0.717, 1.165) is 15.9 Å². The lowest BCUT2D eigenvalue weighted by atomic mass is 10.2. The number of halogens is 1. The molecule has 0 aliphatic rings. The minimum absolute atomic E-state index is 0.123. The molecule has 1 amide bonds. The molecule has 0 saturated heterocycles. The molecule has 26 heavy (non-hydrogen) atoms. The van der Waals surface area contributed by atoms with E-state index in [1.54, 1.807) is 12.1 Å². The zero-order chi connectivity index (χ0) is 19.3. The highest BCUT2D eigenvalue weighted by molar-refractivity contribution is 14.1. The van der Waals surface area contributed by atoms with Crippen molar-refractivity contribution in [2.45, 2.75) is 4.90 Å². The lowest BCUT2D eigenvalue weighted by molar-refractivity contribution is -0.384. The van der Waals surface area contributed by atoms with Crippen molar-refractivity contribution < 1.29 is 18.1 Å². The van der Waals surface area contributed by atoms with E-state index in [4.69, 9.17) is 0 Å². The van der Waals surface area contributed by atoms with Crippen LogP contribution in [0.4, 0.5) is 11.4 Å². The molecular weight excluding hydrogens is 473 g/mol. The van der Waals surface area contributed by atoms with Crippen LogP contribution in [0.5, 0.6) is 0 Å². The van der Waals surface area contributed by atoms with Crippen LogP contribution in [-0.4, -0.2) is 38.6 Å². The molecule has 2 N–H and O–H groups in total. The lowest BCUT2D eigenvalue weighted by Crippen LogP contribution is -2.28. The lowest BCUT2D eigenvalue weighted by Gasteiger charge is -2.09. The van der Waals surface area contributed by atoms with Crippen LogP contribution < -0.4 is 10.6 Å². The van der Waals surface area contributed by atoms with E-state index in [2.05, 4.69) is 33.2 Å². The maximum atomic E-state index is 12.0. The Morgan fingerprint density at radius 2 is 1.81 bits per heavy atom. The van der Waals surface area contributed by atoms with Gasteiger partial charge in [0.15, 0.2) is 9.84 Å². The van der Waals surface area contributed by atoms with Gasteiger partial charge >= 0.3 is 0 Å². The van der Waals surface area contributed by atoms with Crippen LogP contribution in [0, 0.1) is 13.7 Å². The van der Waals surface area contributed by atoms with E-state index in [9.17, 15) is 23.3 Å². The van der Waals surface area contributed by atoms with Gasteiger partial charge in [-0.3, -0.25) is 14.9 Å². The van der Waals surface area contributed by atoms with Gasteiger partial charge in [0, 0.05) is 34.5 Å². The molecule has 0 aliphatic carbocycles. The third-order valence-corrected chi connectivity index (χ3v) is 5.26. The third-order valence-electron chi connectivity index (χ3n) is 3.43. The maximum Gasteiger partial charge on any atom is 0.293 e. The van der Waals surface area contributed by atoms with E-state index in [1.807, 2.05) is 12.1 Å². The topological polar surface area (TPSA) is 118 Å². The molecule has 2 aromatic carbocycles. The number of nitro groups is 1. The summed E-state index contributed by atoms with van der Waals surface area (Å²) < 4.78 is 24.1. The Balaban J connectivity index is 1.98. The highest BCUT2D eigenvalue weighted by atomic mass is 127. The van der Waals surface area contributed by atoms with Gasteiger partial charge in [-0.15, -0.1) is 0 Å². The first-order valence-corrected chi connectivity index (χ1v) is 10.4. The predicted octanol–water partition coefficient (Wildman–Crippen LogP) is 2.44. The molecule has 0 unspecified atom stereocenters. The van der Waals surface area contributed by atoms with E-state index in [-0.39, 0.29) is 35.3 Å². The molecule has 0 fully saturated rings. The first-order valence-electron chi connectivity index (χ1n) is 7.44. The fourth-order valence-corrected chi connectivity index (χ4v) is 3.12. The highest BCUT2D eigenvalue weighted by Gasteiger charge is 2.18. The molecule has 8 nitrogen and oxygen atoms in total. The summed E-state index contributed by atoms with van der Waals surface area (Å²) in [4.78, 5) is 22.4. The second kappa shape index (κ2) is 8.45. The Morgan fingerprint density at radius 1 is 1.15 bits per heavy atom. The van der Waals surface area contributed by atoms with Crippen LogP contribution in [-0.2, 0) is 9.84 Å². The van der Waals surface area contributed by atoms with Gasteiger partial charge in [-0.05, 0) is 59.0 Å². The van der Waals surface area contributed by atoms with Gasteiger partial charge in [0.25, 0.3) is 11.6 Å². The summed E-state index contributed by atoms with van der Waals surface area (Å²) >= 11 is 2.14. The van der Waals surface area contributed by atoms with Crippen LogP contribution >= 0.6 is 22.6 Å². The number of anilines is 1. The van der Waals surface area contributed by atoms with Crippen LogP contribution in [0.1, 0.15) is 10.4 Å². The summed E-state index contributed by atoms with van der Waals surface area (Å²) in [6.45, 7) is 0.491. The Morgan fingerprint density at radius 3 is 2.38 bits per heavy atom. The average Bonchev–Trinajstić information content (AvgIpc) is 2.58. The van der Waals surface area contributed by atoms with Crippen molar-refractivity contribution >= 4 is 49.7 Å². The van der Waals surface area contributed by atoms with E-state index in [0.29, 0.717) is 5.56 Å². The van der Waals surface area contributed by atoms with Gasteiger partial charge in [-0.2, -0.15) is 0 Å². The summed E-state index contributed by atoms with van der Waals surface area (Å²) in [7, 11) is -3.54. The normalized spacial score (nSPS) is 11.0. The van der Waals surface area contributed by atoms with Gasteiger partial charge in [0.1, 0.15) is 5.69 Å². The van der Waals surface area contributed by atoms with Crippen LogP contribution in [0.15, 0.2) is 47.4 Å². The molecule has 2 rings (SSSR count). The molecule has 0 radical (unpaired) electrons. The number of nitro benzene ring substituents is 1. The smallest absolute Gasteiger partial charge is 0.293 e. The minimum Gasteiger partial charge on any atom is -0.378 e. The van der Waals surface area contributed by atoms with Gasteiger partial charge in [0.05, 0.1) is 9.82 Å². The predicted molar refractivity (Wildman–Crippen MR) is 106 cm³/mol. The second-order valence-corrected chi connectivity index (χ2v) is 8.66. The summed E-state index contributed by atoms with van der Waals surface area (Å²) in [5.74, 6) is -0.245. The molecule has 0 heterocycles. The summed E-state index contributed by atoms with van der Waals surface area (Å²) in [6.07, 6.45) is 0.985. The number of amides is 1. The molecule has 0 aromatic heterocycles. The van der Waals surface area contributed by atoms with Crippen molar-refractivity contribution in [1.82, 2.24) is 5.32 Å². The Hall–Kier alpha value is -2.21. The van der Waals surface area contributed by atoms with E-state index >= 15 is 0 Å². The number of benzene rings is 2. The van der Waals surface area contributed by atoms with Gasteiger partial charge in [-0.1, -0.05) is 0 Å². The number of hydrogen-bond donors (Lipinski definition) is 2. The standard InChI is InChI=1S/C16H16IN3O5S/c1-26(24,25)13-6-7-14(15(10-13)20(22)23)18-8-9-19-16(21)11-2-4-12(17)5-3-11/h2-7,10,18H,8-9H2,1H3,(H,19,21). The molecule has 138 valence electrons. The van der Waals surface area contributed by atoms with Crippen LogP contribution in [0.2, 0.25) is 0 Å². The van der Waals surface area contributed by atoms with Crippen molar-refractivity contribution in [3.8, 4) is 0 Å². The average molecular weight is 489 g/mol.